The molecule has 0 unspecified atom stereocenters. The van der Waals surface area contributed by atoms with E-state index in [-0.39, 0.29) is 43.0 Å². The standard InChI is InChI=1S/C23H30F3N5O3S/c1-22(2,3)34-21(32)31(16-4-6-23(25,26)7-5-16)18-12-17(30-8-10-33-11-9-30)28-19(29-18)20-27-15(13-24)14-35-20/h12,14,16H,4-11,13H2,1-3H3. The summed E-state index contributed by atoms with van der Waals surface area (Å²) in [6.45, 7) is 6.74. The molecule has 1 saturated heterocycles. The molecule has 12 heteroatoms. The van der Waals surface area contributed by atoms with Gasteiger partial charge in [-0.05, 0) is 33.6 Å². The molecular formula is C23H30F3N5O3S. The van der Waals surface area contributed by atoms with Crippen LogP contribution in [0.5, 0.6) is 0 Å². The molecule has 1 amide bonds. The second-order valence-corrected chi connectivity index (χ2v) is 10.6. The summed E-state index contributed by atoms with van der Waals surface area (Å²) in [5.74, 6) is -1.71. The number of carbonyl (C=O) groups excluding carboxylic acids is 1. The van der Waals surface area contributed by atoms with Gasteiger partial charge in [-0.1, -0.05) is 0 Å². The Labute approximate surface area is 206 Å². The summed E-state index contributed by atoms with van der Waals surface area (Å²) >= 11 is 1.20. The minimum absolute atomic E-state index is 0.113. The van der Waals surface area contributed by atoms with Crippen molar-refractivity contribution in [3.8, 4) is 10.8 Å². The first-order valence-electron chi connectivity index (χ1n) is 11.7. The molecule has 0 atom stereocenters. The highest BCUT2D eigenvalue weighted by Crippen LogP contribution is 2.38. The highest BCUT2D eigenvalue weighted by molar-refractivity contribution is 7.13. The quantitative estimate of drug-likeness (QED) is 0.542. The summed E-state index contributed by atoms with van der Waals surface area (Å²) < 4.78 is 52.1. The third kappa shape index (κ3) is 6.40. The molecule has 1 saturated carbocycles. The van der Waals surface area contributed by atoms with Crippen LogP contribution >= 0.6 is 11.3 Å². The van der Waals surface area contributed by atoms with Crippen LogP contribution in [0.3, 0.4) is 0 Å². The number of rotatable bonds is 5. The molecule has 0 aromatic carbocycles. The fourth-order valence-electron chi connectivity index (χ4n) is 4.09. The Hall–Kier alpha value is -2.47. The Kier molecular flexibility index (Phi) is 7.51. The number of thiazole rings is 1. The summed E-state index contributed by atoms with van der Waals surface area (Å²) in [7, 11) is 0. The molecule has 0 radical (unpaired) electrons. The molecule has 2 aromatic heterocycles. The third-order valence-electron chi connectivity index (χ3n) is 5.80. The first-order chi connectivity index (χ1) is 16.5. The number of alkyl halides is 3. The van der Waals surface area contributed by atoms with Gasteiger partial charge in [-0.2, -0.15) is 0 Å². The molecule has 35 heavy (non-hydrogen) atoms. The van der Waals surface area contributed by atoms with Gasteiger partial charge in [0.2, 0.25) is 5.92 Å². The number of carbonyl (C=O) groups is 1. The van der Waals surface area contributed by atoms with E-state index in [1.165, 1.54) is 16.2 Å². The maximum Gasteiger partial charge on any atom is 0.416 e. The van der Waals surface area contributed by atoms with E-state index in [1.54, 1.807) is 32.2 Å². The Bertz CT molecular complexity index is 1030. The van der Waals surface area contributed by atoms with E-state index in [4.69, 9.17) is 9.47 Å². The molecule has 1 aliphatic carbocycles. The van der Waals surface area contributed by atoms with Crippen molar-refractivity contribution in [1.82, 2.24) is 15.0 Å². The van der Waals surface area contributed by atoms with E-state index in [0.29, 0.717) is 37.1 Å². The van der Waals surface area contributed by atoms with Crippen molar-refractivity contribution < 1.29 is 27.4 Å². The average Bonchev–Trinajstić information content (AvgIpc) is 3.29. The normalized spacial score (nSPS) is 19.0. The van der Waals surface area contributed by atoms with E-state index in [2.05, 4.69) is 15.0 Å². The van der Waals surface area contributed by atoms with E-state index in [9.17, 15) is 18.0 Å². The maximum absolute atomic E-state index is 13.9. The van der Waals surface area contributed by atoms with Crippen molar-refractivity contribution >= 4 is 29.1 Å². The number of hydrogen-bond donors (Lipinski definition) is 0. The van der Waals surface area contributed by atoms with Crippen molar-refractivity contribution in [1.29, 1.82) is 0 Å². The van der Waals surface area contributed by atoms with Gasteiger partial charge in [-0.15, -0.1) is 11.3 Å². The lowest BCUT2D eigenvalue weighted by molar-refractivity contribution is -0.0388. The van der Waals surface area contributed by atoms with Gasteiger partial charge in [0.15, 0.2) is 10.8 Å². The number of ether oxygens (including phenoxy) is 2. The predicted molar refractivity (Wildman–Crippen MR) is 127 cm³/mol. The van der Waals surface area contributed by atoms with E-state index in [0.717, 1.165) is 0 Å². The van der Waals surface area contributed by atoms with Crippen molar-refractivity contribution in [3.63, 3.8) is 0 Å². The van der Waals surface area contributed by atoms with Gasteiger partial charge in [0, 0.05) is 43.4 Å². The molecule has 0 spiro atoms. The Morgan fingerprint density at radius 2 is 1.91 bits per heavy atom. The van der Waals surface area contributed by atoms with Crippen LogP contribution in [0.1, 0.15) is 52.1 Å². The fraction of sp³-hybridized carbons (Fsp3) is 0.652. The van der Waals surface area contributed by atoms with Crippen LogP contribution < -0.4 is 9.80 Å². The number of amides is 1. The van der Waals surface area contributed by atoms with Gasteiger partial charge in [0.25, 0.3) is 0 Å². The number of halogens is 3. The summed E-state index contributed by atoms with van der Waals surface area (Å²) in [5.41, 5.74) is -0.521. The summed E-state index contributed by atoms with van der Waals surface area (Å²) in [6, 6.07) is 1.16. The molecule has 2 fully saturated rings. The van der Waals surface area contributed by atoms with Gasteiger partial charge in [-0.3, -0.25) is 4.90 Å². The number of nitrogens with zero attached hydrogens (tertiary/aromatic N) is 5. The molecule has 8 nitrogen and oxygen atoms in total. The Morgan fingerprint density at radius 3 is 2.51 bits per heavy atom. The van der Waals surface area contributed by atoms with Crippen molar-refractivity contribution in [2.75, 3.05) is 36.1 Å². The first kappa shape index (κ1) is 25.6. The van der Waals surface area contributed by atoms with Crippen LogP contribution in [0, 0.1) is 0 Å². The maximum atomic E-state index is 13.9. The molecule has 0 bridgehead atoms. The van der Waals surface area contributed by atoms with Gasteiger partial charge >= 0.3 is 6.09 Å². The molecule has 4 rings (SSSR count). The lowest BCUT2D eigenvalue weighted by Crippen LogP contribution is -2.47. The molecule has 3 heterocycles. The topological polar surface area (TPSA) is 80.7 Å². The van der Waals surface area contributed by atoms with Crippen LogP contribution in [-0.2, 0) is 16.1 Å². The molecule has 192 valence electrons. The zero-order valence-corrected chi connectivity index (χ0v) is 20.9. The van der Waals surface area contributed by atoms with Gasteiger partial charge in [0.05, 0.1) is 18.9 Å². The Balaban J connectivity index is 1.77. The molecule has 2 aromatic rings. The second kappa shape index (κ2) is 10.3. The van der Waals surface area contributed by atoms with Gasteiger partial charge in [-0.25, -0.2) is 32.9 Å². The lowest BCUT2D eigenvalue weighted by Gasteiger charge is -2.37. The monoisotopic (exact) mass is 513 g/mol. The fourth-order valence-corrected chi connectivity index (χ4v) is 4.82. The second-order valence-electron chi connectivity index (χ2n) is 9.72. The van der Waals surface area contributed by atoms with Gasteiger partial charge in [0.1, 0.15) is 23.9 Å². The zero-order valence-electron chi connectivity index (χ0n) is 20.1. The summed E-state index contributed by atoms with van der Waals surface area (Å²) in [6.07, 6.45) is -1.08. The number of anilines is 2. The minimum Gasteiger partial charge on any atom is -0.443 e. The lowest BCUT2D eigenvalue weighted by atomic mass is 9.91. The number of morpholine rings is 1. The number of aromatic nitrogens is 3. The van der Waals surface area contributed by atoms with Crippen LogP contribution in [0.2, 0.25) is 0 Å². The van der Waals surface area contributed by atoms with Crippen LogP contribution in [0.4, 0.5) is 29.6 Å². The molecule has 2 aliphatic rings. The van der Waals surface area contributed by atoms with E-state index in [1.807, 2.05) is 4.90 Å². The molecular weight excluding hydrogens is 483 g/mol. The van der Waals surface area contributed by atoms with Crippen LogP contribution in [0.15, 0.2) is 11.4 Å². The smallest absolute Gasteiger partial charge is 0.416 e. The predicted octanol–water partition coefficient (Wildman–Crippen LogP) is 5.23. The van der Waals surface area contributed by atoms with E-state index < -0.39 is 30.3 Å². The minimum atomic E-state index is -2.75. The van der Waals surface area contributed by atoms with Gasteiger partial charge < -0.3 is 14.4 Å². The first-order valence-corrected chi connectivity index (χ1v) is 12.6. The molecule has 1 aliphatic heterocycles. The van der Waals surface area contributed by atoms with Crippen molar-refractivity contribution in [2.45, 2.75) is 70.7 Å². The van der Waals surface area contributed by atoms with Crippen LogP contribution in [0.25, 0.3) is 10.8 Å². The van der Waals surface area contributed by atoms with Crippen molar-refractivity contribution in [3.05, 3.63) is 17.1 Å². The Morgan fingerprint density at radius 1 is 1.23 bits per heavy atom. The highest BCUT2D eigenvalue weighted by Gasteiger charge is 2.40. The van der Waals surface area contributed by atoms with Crippen molar-refractivity contribution in [2.24, 2.45) is 0 Å². The van der Waals surface area contributed by atoms with Crippen LogP contribution in [-0.4, -0.2) is 64.9 Å². The van der Waals surface area contributed by atoms with E-state index >= 15 is 0 Å². The average molecular weight is 514 g/mol. The molecule has 0 N–H and O–H groups in total. The number of hydrogen-bond acceptors (Lipinski definition) is 8. The summed E-state index contributed by atoms with van der Waals surface area (Å²) in [5, 5.41) is 2.00. The largest absolute Gasteiger partial charge is 0.443 e. The zero-order chi connectivity index (χ0) is 25.2. The summed E-state index contributed by atoms with van der Waals surface area (Å²) in [4.78, 5) is 30.3. The SMILES string of the molecule is CC(C)(C)OC(=O)N(c1cc(N2CCOCC2)nc(-c2nc(CF)cs2)n1)C1CCC(F)(F)CC1. The third-order valence-corrected chi connectivity index (χ3v) is 6.69. The highest BCUT2D eigenvalue weighted by atomic mass is 32.1.